The number of nitrogens with one attached hydrogen (secondary N) is 1. The molecular formula is C11H14ClFN2. The zero-order valence-electron chi connectivity index (χ0n) is 8.47. The molecule has 1 heterocycles. The molecule has 0 aliphatic carbocycles. The maximum atomic E-state index is 13.2. The van der Waals surface area contributed by atoms with Crippen molar-refractivity contribution in [2.75, 3.05) is 26.2 Å². The van der Waals surface area contributed by atoms with Crippen LogP contribution in [0, 0.1) is 5.82 Å². The smallest absolute Gasteiger partial charge is 0.142 e. The highest BCUT2D eigenvalue weighted by Gasteiger charge is 2.12. The minimum Gasteiger partial charge on any atom is -0.314 e. The van der Waals surface area contributed by atoms with Crippen LogP contribution in [0.5, 0.6) is 0 Å². The van der Waals surface area contributed by atoms with Gasteiger partial charge in [0.1, 0.15) is 5.82 Å². The molecule has 1 N–H and O–H groups in total. The van der Waals surface area contributed by atoms with Crippen LogP contribution in [0.25, 0.3) is 0 Å². The minimum atomic E-state index is -0.329. The number of piperazine rings is 1. The Labute approximate surface area is 94.0 Å². The zero-order valence-corrected chi connectivity index (χ0v) is 9.23. The van der Waals surface area contributed by atoms with Gasteiger partial charge < -0.3 is 5.32 Å². The van der Waals surface area contributed by atoms with E-state index in [1.165, 1.54) is 6.07 Å². The molecule has 0 radical (unpaired) electrons. The Kier molecular flexibility index (Phi) is 3.57. The standard InChI is InChI=1S/C11H14ClFN2/c12-11-9(2-1-3-10(11)13)8-15-6-4-14-5-7-15/h1-3,14H,4-8H2. The maximum absolute atomic E-state index is 13.2. The van der Waals surface area contributed by atoms with Gasteiger partial charge in [0.2, 0.25) is 0 Å². The van der Waals surface area contributed by atoms with E-state index in [2.05, 4.69) is 10.2 Å². The highest BCUT2D eigenvalue weighted by Crippen LogP contribution is 2.21. The van der Waals surface area contributed by atoms with E-state index in [1.807, 2.05) is 6.07 Å². The molecule has 0 amide bonds. The summed E-state index contributed by atoms with van der Waals surface area (Å²) in [4.78, 5) is 2.27. The number of benzene rings is 1. The predicted molar refractivity (Wildman–Crippen MR) is 59.6 cm³/mol. The van der Waals surface area contributed by atoms with Gasteiger partial charge in [-0.05, 0) is 11.6 Å². The van der Waals surface area contributed by atoms with Gasteiger partial charge in [0.15, 0.2) is 0 Å². The fourth-order valence-electron chi connectivity index (χ4n) is 1.78. The Hall–Kier alpha value is -0.640. The summed E-state index contributed by atoms with van der Waals surface area (Å²) >= 11 is 5.90. The molecule has 2 nitrogen and oxygen atoms in total. The molecule has 1 saturated heterocycles. The molecule has 0 unspecified atom stereocenters. The van der Waals surface area contributed by atoms with Crippen LogP contribution in [-0.2, 0) is 6.54 Å². The van der Waals surface area contributed by atoms with E-state index in [0.29, 0.717) is 0 Å². The van der Waals surface area contributed by atoms with Crippen LogP contribution in [0.15, 0.2) is 18.2 Å². The van der Waals surface area contributed by atoms with Crippen LogP contribution in [0.2, 0.25) is 5.02 Å². The summed E-state index contributed by atoms with van der Waals surface area (Å²) < 4.78 is 13.2. The molecule has 1 aliphatic heterocycles. The van der Waals surface area contributed by atoms with Crippen LogP contribution in [-0.4, -0.2) is 31.1 Å². The van der Waals surface area contributed by atoms with Crippen molar-refractivity contribution in [2.45, 2.75) is 6.54 Å². The molecule has 0 spiro atoms. The van der Waals surface area contributed by atoms with Gasteiger partial charge in [-0.2, -0.15) is 0 Å². The minimum absolute atomic E-state index is 0.260. The number of halogens is 2. The van der Waals surface area contributed by atoms with Crippen molar-refractivity contribution in [3.8, 4) is 0 Å². The monoisotopic (exact) mass is 228 g/mol. The molecular weight excluding hydrogens is 215 g/mol. The van der Waals surface area contributed by atoms with Crippen molar-refractivity contribution in [1.82, 2.24) is 10.2 Å². The summed E-state index contributed by atoms with van der Waals surface area (Å²) in [6, 6.07) is 4.98. The Morgan fingerprint density at radius 2 is 2.07 bits per heavy atom. The van der Waals surface area contributed by atoms with Crippen molar-refractivity contribution >= 4 is 11.6 Å². The zero-order chi connectivity index (χ0) is 10.7. The van der Waals surface area contributed by atoms with E-state index in [4.69, 9.17) is 11.6 Å². The lowest BCUT2D eigenvalue weighted by atomic mass is 10.2. The Morgan fingerprint density at radius 3 is 2.80 bits per heavy atom. The first-order valence-electron chi connectivity index (χ1n) is 5.13. The second kappa shape index (κ2) is 4.92. The van der Waals surface area contributed by atoms with Crippen molar-refractivity contribution in [2.24, 2.45) is 0 Å². The molecule has 4 heteroatoms. The highest BCUT2D eigenvalue weighted by molar-refractivity contribution is 6.31. The van der Waals surface area contributed by atoms with Crippen LogP contribution >= 0.6 is 11.6 Å². The molecule has 82 valence electrons. The van der Waals surface area contributed by atoms with E-state index < -0.39 is 0 Å². The number of hydrogen-bond acceptors (Lipinski definition) is 2. The van der Waals surface area contributed by atoms with Gasteiger partial charge in [0.25, 0.3) is 0 Å². The molecule has 0 aromatic heterocycles. The van der Waals surface area contributed by atoms with Crippen molar-refractivity contribution < 1.29 is 4.39 Å². The Bertz CT molecular complexity index is 337. The second-order valence-corrected chi connectivity index (χ2v) is 4.12. The summed E-state index contributed by atoms with van der Waals surface area (Å²) in [6.45, 7) is 4.71. The van der Waals surface area contributed by atoms with Crippen LogP contribution in [0.4, 0.5) is 4.39 Å². The normalized spacial score (nSPS) is 18.0. The van der Waals surface area contributed by atoms with E-state index in [9.17, 15) is 4.39 Å². The van der Waals surface area contributed by atoms with Crippen LogP contribution in [0.1, 0.15) is 5.56 Å². The van der Waals surface area contributed by atoms with Crippen molar-refractivity contribution in [3.05, 3.63) is 34.6 Å². The third-order valence-corrected chi connectivity index (χ3v) is 3.06. The predicted octanol–water partition coefficient (Wildman–Crippen LogP) is 1.88. The van der Waals surface area contributed by atoms with Gasteiger partial charge in [-0.3, -0.25) is 4.90 Å². The lowest BCUT2D eigenvalue weighted by Gasteiger charge is -2.27. The van der Waals surface area contributed by atoms with Gasteiger partial charge >= 0.3 is 0 Å². The topological polar surface area (TPSA) is 15.3 Å². The molecule has 1 aromatic rings. The van der Waals surface area contributed by atoms with E-state index in [1.54, 1.807) is 6.07 Å². The lowest BCUT2D eigenvalue weighted by Crippen LogP contribution is -2.42. The summed E-state index contributed by atoms with van der Waals surface area (Å²) in [6.07, 6.45) is 0. The second-order valence-electron chi connectivity index (χ2n) is 3.74. The fourth-order valence-corrected chi connectivity index (χ4v) is 1.97. The van der Waals surface area contributed by atoms with E-state index in [-0.39, 0.29) is 10.8 Å². The van der Waals surface area contributed by atoms with Gasteiger partial charge in [-0.15, -0.1) is 0 Å². The first kappa shape index (κ1) is 10.9. The van der Waals surface area contributed by atoms with Crippen LogP contribution in [0.3, 0.4) is 0 Å². The van der Waals surface area contributed by atoms with Crippen molar-refractivity contribution in [3.63, 3.8) is 0 Å². The summed E-state index contributed by atoms with van der Waals surface area (Å²) in [5.74, 6) is -0.329. The molecule has 0 saturated carbocycles. The molecule has 15 heavy (non-hydrogen) atoms. The third-order valence-electron chi connectivity index (χ3n) is 2.64. The molecule has 0 atom stereocenters. The number of hydrogen-bond donors (Lipinski definition) is 1. The summed E-state index contributed by atoms with van der Waals surface area (Å²) in [5, 5.41) is 3.54. The largest absolute Gasteiger partial charge is 0.314 e. The Balaban J connectivity index is 2.06. The summed E-state index contributed by atoms with van der Waals surface area (Å²) in [7, 11) is 0. The number of rotatable bonds is 2. The first-order valence-corrected chi connectivity index (χ1v) is 5.51. The molecule has 1 aliphatic rings. The van der Waals surface area contributed by atoms with Crippen molar-refractivity contribution in [1.29, 1.82) is 0 Å². The van der Waals surface area contributed by atoms with E-state index in [0.717, 1.165) is 38.3 Å². The average Bonchev–Trinajstić information content (AvgIpc) is 2.26. The fraction of sp³-hybridized carbons (Fsp3) is 0.455. The molecule has 1 fully saturated rings. The van der Waals surface area contributed by atoms with Gasteiger partial charge in [-0.1, -0.05) is 23.7 Å². The maximum Gasteiger partial charge on any atom is 0.142 e. The SMILES string of the molecule is Fc1cccc(CN2CCNCC2)c1Cl. The van der Waals surface area contributed by atoms with Crippen LogP contribution < -0.4 is 5.32 Å². The van der Waals surface area contributed by atoms with Gasteiger partial charge in [0.05, 0.1) is 5.02 Å². The van der Waals surface area contributed by atoms with Gasteiger partial charge in [0, 0.05) is 32.7 Å². The number of nitrogens with zero attached hydrogens (tertiary/aromatic N) is 1. The summed E-state index contributed by atoms with van der Waals surface area (Å²) in [5.41, 5.74) is 0.874. The van der Waals surface area contributed by atoms with Gasteiger partial charge in [-0.25, -0.2) is 4.39 Å². The first-order chi connectivity index (χ1) is 7.27. The quantitative estimate of drug-likeness (QED) is 0.832. The molecule has 1 aromatic carbocycles. The molecule has 2 rings (SSSR count). The average molecular weight is 229 g/mol. The molecule has 0 bridgehead atoms. The van der Waals surface area contributed by atoms with E-state index >= 15 is 0 Å². The highest BCUT2D eigenvalue weighted by atomic mass is 35.5. The Morgan fingerprint density at radius 1 is 1.33 bits per heavy atom. The third kappa shape index (κ3) is 2.68. The lowest BCUT2D eigenvalue weighted by molar-refractivity contribution is 0.233.